The highest BCUT2D eigenvalue weighted by Gasteiger charge is 2.04. The van der Waals surface area contributed by atoms with Crippen molar-refractivity contribution in [2.45, 2.75) is 6.54 Å². The summed E-state index contributed by atoms with van der Waals surface area (Å²) in [6.07, 6.45) is 1.91. The number of nitrogens with one attached hydrogen (secondary N) is 2. The summed E-state index contributed by atoms with van der Waals surface area (Å²) in [7, 11) is 0. The summed E-state index contributed by atoms with van der Waals surface area (Å²) in [5.74, 6) is 0.0269. The zero-order valence-corrected chi connectivity index (χ0v) is 10.7. The molecule has 3 nitrogen and oxygen atoms in total. The van der Waals surface area contributed by atoms with Crippen LogP contribution in [0.4, 0.5) is 10.2 Å². The van der Waals surface area contributed by atoms with Gasteiger partial charge in [-0.25, -0.2) is 4.98 Å². The van der Waals surface area contributed by atoms with Crippen LogP contribution in [-0.2, 0) is 6.54 Å². The van der Waals surface area contributed by atoms with E-state index in [4.69, 9.17) is 11.6 Å². The minimum atomic E-state index is -0.490. The lowest BCUT2D eigenvalue weighted by Gasteiger charge is -2.04. The van der Waals surface area contributed by atoms with Crippen LogP contribution in [0.5, 0.6) is 0 Å². The SMILES string of the molecule is Fc1cccc(NCc2c[nH]c3cc(Cl)ccc23)n1. The second-order valence-electron chi connectivity index (χ2n) is 4.20. The summed E-state index contributed by atoms with van der Waals surface area (Å²) in [6.45, 7) is 0.568. The van der Waals surface area contributed by atoms with Gasteiger partial charge < -0.3 is 10.3 Å². The van der Waals surface area contributed by atoms with Crippen LogP contribution < -0.4 is 5.32 Å². The maximum atomic E-state index is 13.0. The van der Waals surface area contributed by atoms with Gasteiger partial charge in [0.05, 0.1) is 0 Å². The Morgan fingerprint density at radius 2 is 2.16 bits per heavy atom. The average molecular weight is 276 g/mol. The quantitative estimate of drug-likeness (QED) is 0.710. The molecular weight excluding hydrogens is 265 g/mol. The minimum absolute atomic E-state index is 0.490. The van der Waals surface area contributed by atoms with Crippen LogP contribution >= 0.6 is 11.6 Å². The predicted octanol–water partition coefficient (Wildman–Crippen LogP) is 3.97. The first-order valence-electron chi connectivity index (χ1n) is 5.84. The molecule has 19 heavy (non-hydrogen) atoms. The van der Waals surface area contributed by atoms with Gasteiger partial charge in [0, 0.05) is 28.7 Å². The number of hydrogen-bond acceptors (Lipinski definition) is 2. The summed E-state index contributed by atoms with van der Waals surface area (Å²) in [5.41, 5.74) is 2.06. The second kappa shape index (κ2) is 4.90. The molecule has 3 aromatic rings. The zero-order valence-electron chi connectivity index (χ0n) is 9.95. The molecule has 0 aliphatic rings. The summed E-state index contributed by atoms with van der Waals surface area (Å²) in [6, 6.07) is 10.4. The molecule has 0 aliphatic heterocycles. The van der Waals surface area contributed by atoms with Crippen molar-refractivity contribution in [3.8, 4) is 0 Å². The van der Waals surface area contributed by atoms with Crippen molar-refractivity contribution in [2.75, 3.05) is 5.32 Å². The first-order valence-corrected chi connectivity index (χ1v) is 6.22. The van der Waals surface area contributed by atoms with Crippen molar-refractivity contribution >= 4 is 28.3 Å². The molecule has 2 aromatic heterocycles. The molecule has 0 atom stereocenters. The second-order valence-corrected chi connectivity index (χ2v) is 4.64. The number of pyridine rings is 1. The van der Waals surface area contributed by atoms with Crippen LogP contribution in [0.1, 0.15) is 5.56 Å². The lowest BCUT2D eigenvalue weighted by atomic mass is 10.2. The minimum Gasteiger partial charge on any atom is -0.366 e. The molecule has 0 aliphatic carbocycles. The molecule has 96 valence electrons. The van der Waals surface area contributed by atoms with Gasteiger partial charge in [0.2, 0.25) is 5.95 Å². The third kappa shape index (κ3) is 2.53. The van der Waals surface area contributed by atoms with Gasteiger partial charge in [-0.1, -0.05) is 23.7 Å². The Bertz CT molecular complexity index is 724. The smallest absolute Gasteiger partial charge is 0.214 e. The summed E-state index contributed by atoms with van der Waals surface area (Å²) in [5, 5.41) is 4.88. The topological polar surface area (TPSA) is 40.7 Å². The third-order valence-corrected chi connectivity index (χ3v) is 3.14. The standard InChI is InChI=1S/C14H11ClFN3/c15-10-4-5-11-9(7-17-12(11)6-10)8-18-14-3-1-2-13(16)19-14/h1-7,17H,8H2,(H,18,19). The number of hydrogen-bond donors (Lipinski definition) is 2. The predicted molar refractivity (Wildman–Crippen MR) is 74.8 cm³/mol. The Morgan fingerprint density at radius 1 is 1.26 bits per heavy atom. The van der Waals surface area contributed by atoms with Crippen molar-refractivity contribution < 1.29 is 4.39 Å². The van der Waals surface area contributed by atoms with Gasteiger partial charge in [0.15, 0.2) is 0 Å². The molecule has 1 aromatic carbocycles. The zero-order chi connectivity index (χ0) is 13.2. The van der Waals surface area contributed by atoms with Crippen LogP contribution in [0.25, 0.3) is 10.9 Å². The normalized spacial score (nSPS) is 10.8. The van der Waals surface area contributed by atoms with Gasteiger partial charge in [0.25, 0.3) is 0 Å². The Kier molecular flexibility index (Phi) is 3.09. The molecule has 0 radical (unpaired) electrons. The molecule has 5 heteroatoms. The molecule has 3 rings (SSSR count). The van der Waals surface area contributed by atoms with Crippen LogP contribution in [0.15, 0.2) is 42.6 Å². The lowest BCUT2D eigenvalue weighted by molar-refractivity contribution is 0.585. The Balaban J connectivity index is 1.82. The van der Waals surface area contributed by atoms with E-state index < -0.39 is 5.95 Å². The Labute approximate surface area is 114 Å². The molecule has 2 heterocycles. The van der Waals surface area contributed by atoms with E-state index in [1.54, 1.807) is 12.1 Å². The number of H-pyrrole nitrogens is 1. The van der Waals surface area contributed by atoms with Gasteiger partial charge in [-0.3, -0.25) is 0 Å². The van der Waals surface area contributed by atoms with E-state index >= 15 is 0 Å². The molecule has 0 amide bonds. The van der Waals surface area contributed by atoms with E-state index in [1.165, 1.54) is 6.07 Å². The third-order valence-electron chi connectivity index (χ3n) is 2.90. The van der Waals surface area contributed by atoms with E-state index in [0.29, 0.717) is 17.4 Å². The molecule has 2 N–H and O–H groups in total. The molecule has 0 saturated heterocycles. The van der Waals surface area contributed by atoms with Gasteiger partial charge in [-0.2, -0.15) is 4.39 Å². The fourth-order valence-electron chi connectivity index (χ4n) is 2.00. The largest absolute Gasteiger partial charge is 0.366 e. The van der Waals surface area contributed by atoms with Crippen molar-refractivity contribution in [1.82, 2.24) is 9.97 Å². The summed E-state index contributed by atoms with van der Waals surface area (Å²) < 4.78 is 13.0. The van der Waals surface area contributed by atoms with Crippen LogP contribution in [0.3, 0.4) is 0 Å². The fourth-order valence-corrected chi connectivity index (χ4v) is 2.17. The highest BCUT2D eigenvalue weighted by atomic mass is 35.5. The van der Waals surface area contributed by atoms with Gasteiger partial charge in [-0.15, -0.1) is 0 Å². The maximum absolute atomic E-state index is 13.0. The van der Waals surface area contributed by atoms with Crippen LogP contribution in [0, 0.1) is 5.95 Å². The molecule has 0 unspecified atom stereocenters. The van der Waals surface area contributed by atoms with E-state index in [1.807, 2.05) is 24.4 Å². The maximum Gasteiger partial charge on any atom is 0.214 e. The summed E-state index contributed by atoms with van der Waals surface area (Å²) in [4.78, 5) is 6.92. The van der Waals surface area contributed by atoms with Gasteiger partial charge >= 0.3 is 0 Å². The molecule has 0 bridgehead atoms. The highest BCUT2D eigenvalue weighted by Crippen LogP contribution is 2.22. The van der Waals surface area contributed by atoms with Crippen molar-refractivity contribution in [1.29, 1.82) is 0 Å². The number of halogens is 2. The first-order chi connectivity index (χ1) is 9.22. The number of fused-ring (bicyclic) bond motifs is 1. The lowest BCUT2D eigenvalue weighted by Crippen LogP contribution is -2.01. The van der Waals surface area contributed by atoms with E-state index in [9.17, 15) is 4.39 Å². The Hall–Kier alpha value is -2.07. The van der Waals surface area contributed by atoms with E-state index in [0.717, 1.165) is 16.5 Å². The Morgan fingerprint density at radius 3 is 3.00 bits per heavy atom. The number of anilines is 1. The monoisotopic (exact) mass is 275 g/mol. The van der Waals surface area contributed by atoms with E-state index in [2.05, 4.69) is 15.3 Å². The molecule has 0 saturated carbocycles. The molecule has 0 spiro atoms. The number of aromatic amines is 1. The van der Waals surface area contributed by atoms with Crippen molar-refractivity contribution in [2.24, 2.45) is 0 Å². The van der Waals surface area contributed by atoms with Gasteiger partial charge in [-0.05, 0) is 29.8 Å². The fraction of sp³-hybridized carbons (Fsp3) is 0.0714. The van der Waals surface area contributed by atoms with Crippen molar-refractivity contribution in [3.63, 3.8) is 0 Å². The molecule has 0 fully saturated rings. The van der Waals surface area contributed by atoms with Crippen molar-refractivity contribution in [3.05, 3.63) is 59.1 Å². The summed E-state index contributed by atoms with van der Waals surface area (Å²) >= 11 is 5.93. The van der Waals surface area contributed by atoms with Crippen LogP contribution in [0.2, 0.25) is 5.02 Å². The number of benzene rings is 1. The van der Waals surface area contributed by atoms with E-state index in [-0.39, 0.29) is 0 Å². The average Bonchev–Trinajstić information content (AvgIpc) is 2.78. The number of nitrogens with zero attached hydrogens (tertiary/aromatic N) is 1. The first kappa shape index (κ1) is 12.0. The highest BCUT2D eigenvalue weighted by molar-refractivity contribution is 6.31. The van der Waals surface area contributed by atoms with Gasteiger partial charge in [0.1, 0.15) is 5.82 Å². The van der Waals surface area contributed by atoms with Crippen LogP contribution in [-0.4, -0.2) is 9.97 Å². The molecular formula is C14H11ClFN3. The number of rotatable bonds is 3. The number of aromatic nitrogens is 2.